The van der Waals surface area contributed by atoms with Crippen LogP contribution in [0.4, 0.5) is 5.82 Å². The molecule has 1 heterocycles. The van der Waals surface area contributed by atoms with Gasteiger partial charge >= 0.3 is 7.12 Å². The number of rotatable bonds is 1. The molecule has 0 amide bonds. The van der Waals surface area contributed by atoms with E-state index in [1.54, 1.807) is 0 Å². The van der Waals surface area contributed by atoms with Crippen molar-refractivity contribution in [1.29, 1.82) is 0 Å². The Morgan fingerprint density at radius 1 is 1.45 bits per heavy atom. The highest BCUT2D eigenvalue weighted by atomic mass is 16.4. The summed E-state index contributed by atoms with van der Waals surface area (Å²) in [5.74, 6) is 0.194. The SMILES string of the molecule is Nc1ccc(B(O)O)c(=O)[nH]1. The average Bonchev–Trinajstić information content (AvgIpc) is 1.85. The van der Waals surface area contributed by atoms with Gasteiger partial charge in [0.2, 0.25) is 5.56 Å². The van der Waals surface area contributed by atoms with E-state index in [1.807, 2.05) is 0 Å². The summed E-state index contributed by atoms with van der Waals surface area (Å²) < 4.78 is 0. The van der Waals surface area contributed by atoms with Crippen molar-refractivity contribution in [1.82, 2.24) is 4.98 Å². The van der Waals surface area contributed by atoms with Crippen LogP contribution in [0.25, 0.3) is 0 Å². The first-order chi connectivity index (χ1) is 5.11. The summed E-state index contributed by atoms with van der Waals surface area (Å²) in [6.45, 7) is 0. The minimum atomic E-state index is -1.75. The van der Waals surface area contributed by atoms with E-state index in [0.29, 0.717) is 0 Å². The standard InChI is InChI=1S/C5H7BN2O3/c7-4-2-1-3(6(10)11)5(9)8-4/h1-2,10-11H,(H3,7,8,9). The van der Waals surface area contributed by atoms with Gasteiger partial charge in [-0.1, -0.05) is 6.07 Å². The van der Waals surface area contributed by atoms with Crippen LogP contribution >= 0.6 is 0 Å². The molecule has 0 aliphatic rings. The predicted octanol–water partition coefficient (Wildman–Crippen LogP) is -2.36. The van der Waals surface area contributed by atoms with Crippen LogP contribution in [0.5, 0.6) is 0 Å². The number of aromatic amines is 1. The largest absolute Gasteiger partial charge is 0.494 e. The van der Waals surface area contributed by atoms with Gasteiger partial charge in [0.25, 0.3) is 0 Å². The fourth-order valence-corrected chi connectivity index (χ4v) is 0.703. The summed E-state index contributed by atoms with van der Waals surface area (Å²) in [5.41, 5.74) is 4.51. The zero-order valence-electron chi connectivity index (χ0n) is 5.61. The molecule has 0 atom stereocenters. The lowest BCUT2D eigenvalue weighted by atomic mass is 9.81. The van der Waals surface area contributed by atoms with E-state index in [-0.39, 0.29) is 11.3 Å². The molecule has 0 radical (unpaired) electrons. The first-order valence-electron chi connectivity index (χ1n) is 2.96. The van der Waals surface area contributed by atoms with Crippen molar-refractivity contribution in [3.63, 3.8) is 0 Å². The lowest BCUT2D eigenvalue weighted by molar-refractivity contribution is 0.425. The Morgan fingerprint density at radius 2 is 2.09 bits per heavy atom. The van der Waals surface area contributed by atoms with Crippen LogP contribution in [0, 0.1) is 0 Å². The summed E-state index contributed by atoms with van der Waals surface area (Å²) in [4.78, 5) is 13.0. The van der Waals surface area contributed by atoms with E-state index in [1.165, 1.54) is 12.1 Å². The van der Waals surface area contributed by atoms with Crippen LogP contribution < -0.4 is 16.8 Å². The number of hydrogen-bond acceptors (Lipinski definition) is 4. The third kappa shape index (κ3) is 1.60. The van der Waals surface area contributed by atoms with E-state index < -0.39 is 12.7 Å². The third-order valence-electron chi connectivity index (χ3n) is 1.24. The molecule has 1 rings (SSSR count). The molecule has 0 fully saturated rings. The number of aromatic nitrogens is 1. The van der Waals surface area contributed by atoms with Crippen molar-refractivity contribution in [3.8, 4) is 0 Å². The number of nitrogens with two attached hydrogens (primary N) is 1. The monoisotopic (exact) mass is 154 g/mol. The molecule has 0 saturated heterocycles. The summed E-state index contributed by atoms with van der Waals surface area (Å²) >= 11 is 0. The van der Waals surface area contributed by atoms with Crippen LogP contribution in [0.3, 0.4) is 0 Å². The van der Waals surface area contributed by atoms with Crippen molar-refractivity contribution in [2.45, 2.75) is 0 Å². The molecule has 0 spiro atoms. The van der Waals surface area contributed by atoms with Crippen LogP contribution in [0.2, 0.25) is 0 Å². The second-order valence-electron chi connectivity index (χ2n) is 2.07. The van der Waals surface area contributed by atoms with Gasteiger partial charge < -0.3 is 20.8 Å². The number of anilines is 1. The number of nitrogen functional groups attached to an aromatic ring is 1. The predicted molar refractivity (Wildman–Crippen MR) is 41.3 cm³/mol. The molecule has 5 N–H and O–H groups in total. The van der Waals surface area contributed by atoms with Crippen molar-refractivity contribution >= 4 is 18.4 Å². The van der Waals surface area contributed by atoms with Crippen LogP contribution in [0.15, 0.2) is 16.9 Å². The quantitative estimate of drug-likeness (QED) is 0.340. The van der Waals surface area contributed by atoms with E-state index >= 15 is 0 Å². The molecule has 0 bridgehead atoms. The Kier molecular flexibility index (Phi) is 1.97. The van der Waals surface area contributed by atoms with Crippen molar-refractivity contribution in [2.75, 3.05) is 5.73 Å². The average molecular weight is 154 g/mol. The molecule has 11 heavy (non-hydrogen) atoms. The molecule has 0 aliphatic carbocycles. The van der Waals surface area contributed by atoms with Crippen molar-refractivity contribution < 1.29 is 10.0 Å². The number of nitrogens with one attached hydrogen (secondary N) is 1. The Labute approximate surface area is 62.6 Å². The zero-order valence-corrected chi connectivity index (χ0v) is 5.61. The molecule has 1 aromatic rings. The van der Waals surface area contributed by atoms with Gasteiger partial charge in [-0.15, -0.1) is 0 Å². The van der Waals surface area contributed by atoms with E-state index in [4.69, 9.17) is 15.8 Å². The molecule has 6 heteroatoms. The Balaban J connectivity index is 3.21. The summed E-state index contributed by atoms with van der Waals surface area (Å²) in [6.07, 6.45) is 0. The number of pyridine rings is 1. The fraction of sp³-hybridized carbons (Fsp3) is 0. The smallest absolute Gasteiger partial charge is 0.423 e. The van der Waals surface area contributed by atoms with Crippen LogP contribution in [0.1, 0.15) is 0 Å². The lowest BCUT2D eigenvalue weighted by Gasteiger charge is -1.97. The maximum Gasteiger partial charge on any atom is 0.494 e. The van der Waals surface area contributed by atoms with E-state index in [0.717, 1.165) is 0 Å². The molecular formula is C5H7BN2O3. The Hall–Kier alpha value is -1.27. The second-order valence-corrected chi connectivity index (χ2v) is 2.07. The summed E-state index contributed by atoms with van der Waals surface area (Å²) in [6, 6.07) is 2.65. The van der Waals surface area contributed by atoms with Gasteiger partial charge in [-0.2, -0.15) is 0 Å². The minimum Gasteiger partial charge on any atom is -0.423 e. The van der Waals surface area contributed by atoms with Gasteiger partial charge in [0.15, 0.2) is 0 Å². The highest BCUT2D eigenvalue weighted by Gasteiger charge is 2.14. The third-order valence-corrected chi connectivity index (χ3v) is 1.24. The highest BCUT2D eigenvalue weighted by Crippen LogP contribution is 1.85. The molecule has 58 valence electrons. The van der Waals surface area contributed by atoms with Crippen molar-refractivity contribution in [2.24, 2.45) is 0 Å². The van der Waals surface area contributed by atoms with Gasteiger partial charge in [0, 0.05) is 5.46 Å². The van der Waals surface area contributed by atoms with E-state index in [2.05, 4.69) is 4.98 Å². The molecule has 0 aromatic carbocycles. The maximum absolute atomic E-state index is 10.8. The maximum atomic E-state index is 10.8. The molecule has 0 aliphatic heterocycles. The van der Waals surface area contributed by atoms with E-state index in [9.17, 15) is 4.79 Å². The van der Waals surface area contributed by atoms with Gasteiger partial charge in [0.1, 0.15) is 5.82 Å². The normalized spacial score (nSPS) is 9.64. The van der Waals surface area contributed by atoms with Gasteiger partial charge in [-0.05, 0) is 6.07 Å². The van der Waals surface area contributed by atoms with Crippen LogP contribution in [-0.4, -0.2) is 22.2 Å². The lowest BCUT2D eigenvalue weighted by Crippen LogP contribution is -2.42. The highest BCUT2D eigenvalue weighted by molar-refractivity contribution is 6.58. The molecule has 1 aromatic heterocycles. The first-order valence-corrected chi connectivity index (χ1v) is 2.96. The molecule has 0 saturated carbocycles. The molecular weight excluding hydrogens is 147 g/mol. The number of hydrogen-bond donors (Lipinski definition) is 4. The minimum absolute atomic E-state index is 0.112. The Bertz CT molecular complexity index is 309. The number of H-pyrrole nitrogens is 1. The second kappa shape index (κ2) is 2.77. The molecule has 0 unspecified atom stereocenters. The fourth-order valence-electron chi connectivity index (χ4n) is 0.703. The zero-order chi connectivity index (χ0) is 8.43. The van der Waals surface area contributed by atoms with Gasteiger partial charge in [-0.25, -0.2) is 0 Å². The molecule has 5 nitrogen and oxygen atoms in total. The van der Waals surface area contributed by atoms with Gasteiger partial charge in [-0.3, -0.25) is 4.79 Å². The summed E-state index contributed by atoms with van der Waals surface area (Å²) in [7, 11) is -1.75. The topological polar surface area (TPSA) is 99.3 Å². The van der Waals surface area contributed by atoms with Gasteiger partial charge in [0.05, 0.1) is 0 Å². The Morgan fingerprint density at radius 3 is 2.55 bits per heavy atom. The van der Waals surface area contributed by atoms with Crippen molar-refractivity contribution in [3.05, 3.63) is 22.5 Å². The first kappa shape index (κ1) is 7.84. The van der Waals surface area contributed by atoms with Crippen LogP contribution in [-0.2, 0) is 0 Å². The summed E-state index contributed by atoms with van der Waals surface area (Å²) in [5, 5.41) is 17.2.